The first-order valence-electron chi connectivity index (χ1n) is 4.36. The molecular formula is C10H5F3INO3. The summed E-state index contributed by atoms with van der Waals surface area (Å²) in [7, 11) is 1.06. The zero-order valence-corrected chi connectivity index (χ0v) is 11.0. The van der Waals surface area contributed by atoms with Gasteiger partial charge in [0, 0.05) is 3.57 Å². The highest BCUT2D eigenvalue weighted by molar-refractivity contribution is 14.1. The third-order valence-corrected chi connectivity index (χ3v) is 2.67. The highest BCUT2D eigenvalue weighted by atomic mass is 127. The number of halogens is 4. The minimum absolute atomic E-state index is 0.0584. The predicted octanol–water partition coefficient (Wildman–Crippen LogP) is 2.85. The highest BCUT2D eigenvalue weighted by Gasteiger charge is 2.32. The molecule has 18 heavy (non-hydrogen) atoms. The van der Waals surface area contributed by atoms with Crippen molar-refractivity contribution >= 4 is 28.6 Å². The van der Waals surface area contributed by atoms with Crippen molar-refractivity contribution in [1.82, 2.24) is 0 Å². The van der Waals surface area contributed by atoms with E-state index in [2.05, 4.69) is 9.47 Å². The van der Waals surface area contributed by atoms with Crippen molar-refractivity contribution in [3.8, 4) is 11.8 Å². The number of rotatable bonds is 2. The summed E-state index contributed by atoms with van der Waals surface area (Å²) in [6.07, 6.45) is -4.87. The summed E-state index contributed by atoms with van der Waals surface area (Å²) in [5.74, 6) is -1.48. The monoisotopic (exact) mass is 371 g/mol. The Kier molecular flexibility index (Phi) is 4.39. The van der Waals surface area contributed by atoms with Crippen LogP contribution in [0.25, 0.3) is 0 Å². The van der Waals surface area contributed by atoms with E-state index in [1.165, 1.54) is 0 Å². The van der Waals surface area contributed by atoms with Gasteiger partial charge in [-0.3, -0.25) is 0 Å². The van der Waals surface area contributed by atoms with Gasteiger partial charge in [-0.05, 0) is 34.7 Å². The number of ether oxygens (including phenoxy) is 2. The van der Waals surface area contributed by atoms with Crippen LogP contribution in [0.1, 0.15) is 15.9 Å². The van der Waals surface area contributed by atoms with Gasteiger partial charge in [-0.15, -0.1) is 13.2 Å². The fourth-order valence-corrected chi connectivity index (χ4v) is 1.88. The Bertz CT molecular complexity index is 522. The molecule has 0 spiro atoms. The standard InChI is InChI=1S/C10H5F3INO3/c1-17-9(16)6-2-5(18-10(11,12)13)3-8(14)7(6)4-15/h2-3H,1H3. The van der Waals surface area contributed by atoms with E-state index >= 15 is 0 Å². The Morgan fingerprint density at radius 1 is 1.44 bits per heavy atom. The number of esters is 1. The van der Waals surface area contributed by atoms with Gasteiger partial charge in [-0.2, -0.15) is 5.26 Å². The number of benzene rings is 1. The van der Waals surface area contributed by atoms with Gasteiger partial charge in [0.25, 0.3) is 0 Å². The number of methoxy groups -OCH3 is 1. The minimum atomic E-state index is -4.87. The van der Waals surface area contributed by atoms with Crippen LogP contribution in [0, 0.1) is 14.9 Å². The molecule has 0 heterocycles. The molecule has 0 fully saturated rings. The average molecular weight is 371 g/mol. The molecule has 96 valence electrons. The topological polar surface area (TPSA) is 59.3 Å². The van der Waals surface area contributed by atoms with Gasteiger partial charge in [0.15, 0.2) is 0 Å². The molecule has 0 radical (unpaired) electrons. The van der Waals surface area contributed by atoms with Crippen LogP contribution in [0.5, 0.6) is 5.75 Å². The third kappa shape index (κ3) is 3.49. The van der Waals surface area contributed by atoms with Crippen molar-refractivity contribution in [3.05, 3.63) is 26.8 Å². The Hall–Kier alpha value is -1.50. The van der Waals surface area contributed by atoms with Crippen LogP contribution in [0.2, 0.25) is 0 Å². The average Bonchev–Trinajstić information content (AvgIpc) is 2.25. The Labute approximate surface area is 113 Å². The summed E-state index contributed by atoms with van der Waals surface area (Å²) in [5, 5.41) is 8.84. The maximum Gasteiger partial charge on any atom is 0.573 e. The maximum atomic E-state index is 12.1. The van der Waals surface area contributed by atoms with Crippen LogP contribution in [0.3, 0.4) is 0 Å². The van der Waals surface area contributed by atoms with E-state index in [1.807, 2.05) is 0 Å². The van der Waals surface area contributed by atoms with Gasteiger partial charge >= 0.3 is 12.3 Å². The van der Waals surface area contributed by atoms with Crippen LogP contribution in [0.4, 0.5) is 13.2 Å². The number of hydrogen-bond acceptors (Lipinski definition) is 4. The minimum Gasteiger partial charge on any atom is -0.465 e. The van der Waals surface area contributed by atoms with Gasteiger partial charge in [-0.25, -0.2) is 4.79 Å². The lowest BCUT2D eigenvalue weighted by atomic mass is 10.1. The second kappa shape index (κ2) is 5.43. The van der Waals surface area contributed by atoms with Crippen LogP contribution < -0.4 is 4.74 Å². The van der Waals surface area contributed by atoms with E-state index in [0.717, 1.165) is 19.2 Å². The molecule has 4 nitrogen and oxygen atoms in total. The smallest absolute Gasteiger partial charge is 0.465 e. The Balaban J connectivity index is 3.32. The molecule has 1 aromatic carbocycles. The zero-order valence-electron chi connectivity index (χ0n) is 8.84. The van der Waals surface area contributed by atoms with E-state index < -0.39 is 18.1 Å². The highest BCUT2D eigenvalue weighted by Crippen LogP contribution is 2.28. The molecule has 0 amide bonds. The van der Waals surface area contributed by atoms with Gasteiger partial charge in [-0.1, -0.05) is 0 Å². The molecule has 0 aromatic heterocycles. The second-order valence-electron chi connectivity index (χ2n) is 2.98. The molecule has 0 unspecified atom stereocenters. The summed E-state index contributed by atoms with van der Waals surface area (Å²) >= 11 is 1.64. The molecule has 0 aliphatic heterocycles. The molecule has 0 atom stereocenters. The fourth-order valence-electron chi connectivity index (χ4n) is 1.16. The van der Waals surface area contributed by atoms with Gasteiger partial charge in [0.2, 0.25) is 0 Å². The van der Waals surface area contributed by atoms with Gasteiger partial charge in [0.05, 0.1) is 18.2 Å². The quantitative estimate of drug-likeness (QED) is 0.593. The zero-order chi connectivity index (χ0) is 13.9. The van der Waals surface area contributed by atoms with Crippen LogP contribution in [-0.2, 0) is 4.74 Å². The lowest BCUT2D eigenvalue weighted by molar-refractivity contribution is -0.274. The molecule has 0 saturated carbocycles. The van der Waals surface area contributed by atoms with E-state index in [1.54, 1.807) is 28.7 Å². The molecule has 1 rings (SSSR count). The van der Waals surface area contributed by atoms with Crippen LogP contribution >= 0.6 is 22.6 Å². The first-order valence-corrected chi connectivity index (χ1v) is 5.44. The molecule has 8 heteroatoms. The summed E-state index contributed by atoms with van der Waals surface area (Å²) in [4.78, 5) is 11.3. The van der Waals surface area contributed by atoms with Crippen molar-refractivity contribution < 1.29 is 27.4 Å². The molecule has 0 N–H and O–H groups in total. The molecule has 0 saturated heterocycles. The molecule has 0 bridgehead atoms. The summed E-state index contributed by atoms with van der Waals surface area (Å²) in [6, 6.07) is 3.56. The van der Waals surface area contributed by atoms with Crippen molar-refractivity contribution in [2.24, 2.45) is 0 Å². The van der Waals surface area contributed by atoms with Gasteiger partial charge < -0.3 is 9.47 Å². The van der Waals surface area contributed by atoms with Crippen molar-refractivity contribution in [2.75, 3.05) is 7.11 Å². The van der Waals surface area contributed by atoms with E-state index in [-0.39, 0.29) is 14.7 Å². The number of hydrogen-bond donors (Lipinski definition) is 0. The van der Waals surface area contributed by atoms with Crippen molar-refractivity contribution in [1.29, 1.82) is 5.26 Å². The first kappa shape index (κ1) is 14.6. The summed E-state index contributed by atoms with van der Waals surface area (Å²) in [6.45, 7) is 0. The molecular weight excluding hydrogens is 366 g/mol. The normalized spacial score (nSPS) is 10.7. The van der Waals surface area contributed by atoms with E-state index in [0.29, 0.717) is 0 Å². The number of carbonyl (C=O) groups is 1. The lowest BCUT2D eigenvalue weighted by Crippen LogP contribution is -2.18. The lowest BCUT2D eigenvalue weighted by Gasteiger charge is -2.11. The van der Waals surface area contributed by atoms with Crippen molar-refractivity contribution in [3.63, 3.8) is 0 Å². The Morgan fingerprint density at radius 2 is 2.06 bits per heavy atom. The number of nitrogens with zero attached hydrogens (tertiary/aromatic N) is 1. The molecule has 0 aliphatic rings. The largest absolute Gasteiger partial charge is 0.573 e. The van der Waals surface area contributed by atoms with Crippen LogP contribution in [-0.4, -0.2) is 19.4 Å². The third-order valence-electron chi connectivity index (χ3n) is 1.81. The van der Waals surface area contributed by atoms with Crippen molar-refractivity contribution in [2.45, 2.75) is 6.36 Å². The number of alkyl halides is 3. The number of nitriles is 1. The SMILES string of the molecule is COC(=O)c1cc(OC(F)(F)F)cc(I)c1C#N. The second-order valence-corrected chi connectivity index (χ2v) is 4.14. The summed E-state index contributed by atoms with van der Waals surface area (Å²) in [5.41, 5.74) is -0.330. The fraction of sp³-hybridized carbons (Fsp3) is 0.200. The summed E-state index contributed by atoms with van der Waals surface area (Å²) < 4.78 is 44.4. The van der Waals surface area contributed by atoms with Crippen LogP contribution in [0.15, 0.2) is 12.1 Å². The maximum absolute atomic E-state index is 12.1. The predicted molar refractivity (Wildman–Crippen MR) is 61.9 cm³/mol. The Morgan fingerprint density at radius 3 is 2.50 bits per heavy atom. The molecule has 0 aliphatic carbocycles. The molecule has 1 aromatic rings. The van der Waals surface area contributed by atoms with Gasteiger partial charge in [0.1, 0.15) is 11.8 Å². The number of carbonyl (C=O) groups excluding carboxylic acids is 1. The van der Waals surface area contributed by atoms with E-state index in [9.17, 15) is 18.0 Å². The van der Waals surface area contributed by atoms with E-state index in [4.69, 9.17) is 5.26 Å². The first-order chi connectivity index (χ1) is 8.28.